The third-order valence-corrected chi connectivity index (χ3v) is 8.04. The standard InChI is InChI=1S/C25H43N3O.C2H6/c1-17-8-6-11-24(29)23(16-27)18(2)9-7-10-20-13-22(28(4)5)14-21(15-26)25(20)19(3)12-17;1-2/h17-25,29H,6-14H2,1-5H3;1-2H3. The van der Waals surface area contributed by atoms with Gasteiger partial charge in [0.15, 0.2) is 0 Å². The van der Waals surface area contributed by atoms with Gasteiger partial charge in [-0.05, 0) is 75.8 Å². The normalized spacial score (nSPS) is 40.3. The first-order chi connectivity index (χ1) is 14.8. The topological polar surface area (TPSA) is 71.0 Å². The average molecular weight is 432 g/mol. The molecule has 0 spiro atoms. The summed E-state index contributed by atoms with van der Waals surface area (Å²) in [6.07, 6.45) is 8.91. The molecule has 2 aliphatic rings. The highest BCUT2D eigenvalue weighted by molar-refractivity contribution is 5.00. The van der Waals surface area contributed by atoms with Crippen LogP contribution in [0, 0.1) is 64.1 Å². The first-order valence-electron chi connectivity index (χ1n) is 12.9. The molecule has 4 nitrogen and oxygen atoms in total. The predicted molar refractivity (Wildman–Crippen MR) is 129 cm³/mol. The van der Waals surface area contributed by atoms with E-state index in [1.165, 1.54) is 12.8 Å². The van der Waals surface area contributed by atoms with Gasteiger partial charge in [0.2, 0.25) is 0 Å². The van der Waals surface area contributed by atoms with Gasteiger partial charge in [0.25, 0.3) is 0 Å². The van der Waals surface area contributed by atoms with E-state index in [9.17, 15) is 15.6 Å². The molecule has 4 heteroatoms. The lowest BCUT2D eigenvalue weighted by atomic mass is 9.62. The highest BCUT2D eigenvalue weighted by Gasteiger charge is 2.41. The van der Waals surface area contributed by atoms with Crippen LogP contribution < -0.4 is 0 Å². The molecule has 1 N–H and O–H groups in total. The minimum absolute atomic E-state index is 0.155. The van der Waals surface area contributed by atoms with Crippen LogP contribution in [0.2, 0.25) is 0 Å². The molecule has 178 valence electrons. The Morgan fingerprint density at radius 3 is 2.03 bits per heavy atom. The van der Waals surface area contributed by atoms with Crippen LogP contribution >= 0.6 is 0 Å². The molecule has 2 saturated carbocycles. The molecule has 2 rings (SSSR count). The maximum atomic E-state index is 10.6. The molecule has 0 aromatic carbocycles. The van der Waals surface area contributed by atoms with Gasteiger partial charge in [-0.15, -0.1) is 0 Å². The Balaban J connectivity index is 0.00000233. The Bertz CT molecular complexity index is 578. The van der Waals surface area contributed by atoms with Crippen LogP contribution in [-0.4, -0.2) is 36.2 Å². The van der Waals surface area contributed by atoms with Gasteiger partial charge in [-0.2, -0.15) is 10.5 Å². The van der Waals surface area contributed by atoms with Gasteiger partial charge in [0.1, 0.15) is 0 Å². The first-order valence-corrected chi connectivity index (χ1v) is 12.9. The maximum Gasteiger partial charge on any atom is 0.0748 e. The second-order valence-corrected chi connectivity index (χ2v) is 10.5. The molecule has 2 aliphatic carbocycles. The molecule has 0 saturated heterocycles. The number of nitrogens with zero attached hydrogens (tertiary/aromatic N) is 3. The van der Waals surface area contributed by atoms with Crippen LogP contribution in [0.5, 0.6) is 0 Å². The molecule has 9 atom stereocenters. The molecule has 9 unspecified atom stereocenters. The van der Waals surface area contributed by atoms with Crippen molar-refractivity contribution in [2.45, 2.75) is 105 Å². The molecule has 2 fully saturated rings. The summed E-state index contributed by atoms with van der Waals surface area (Å²) in [5.74, 6) is 2.38. The van der Waals surface area contributed by atoms with Crippen molar-refractivity contribution in [3.05, 3.63) is 0 Å². The summed E-state index contributed by atoms with van der Waals surface area (Å²) in [7, 11) is 4.30. The van der Waals surface area contributed by atoms with Crippen molar-refractivity contribution in [1.82, 2.24) is 4.90 Å². The van der Waals surface area contributed by atoms with E-state index < -0.39 is 6.10 Å². The summed E-state index contributed by atoms with van der Waals surface area (Å²) in [6.45, 7) is 10.8. The van der Waals surface area contributed by atoms with E-state index in [2.05, 4.69) is 51.9 Å². The predicted octanol–water partition coefficient (Wildman–Crippen LogP) is 6.26. The van der Waals surface area contributed by atoms with E-state index in [4.69, 9.17) is 0 Å². The molecule has 0 aliphatic heterocycles. The number of aliphatic hydroxyl groups is 1. The fraction of sp³-hybridized carbons (Fsp3) is 0.926. The molecule has 0 heterocycles. The second-order valence-electron chi connectivity index (χ2n) is 10.5. The fourth-order valence-electron chi connectivity index (χ4n) is 6.35. The molecule has 0 bridgehead atoms. The summed E-state index contributed by atoms with van der Waals surface area (Å²) in [6, 6.07) is 5.59. The monoisotopic (exact) mass is 431 g/mol. The lowest BCUT2D eigenvalue weighted by molar-refractivity contribution is 0.0489. The number of rotatable bonds is 1. The summed E-state index contributed by atoms with van der Waals surface area (Å²) in [4.78, 5) is 2.31. The van der Waals surface area contributed by atoms with Crippen molar-refractivity contribution >= 4 is 0 Å². The zero-order valence-electron chi connectivity index (χ0n) is 21.3. The summed E-state index contributed by atoms with van der Waals surface area (Å²) < 4.78 is 0. The Labute approximate surface area is 193 Å². The first kappa shape index (κ1) is 27.9. The van der Waals surface area contributed by atoms with Crippen molar-refractivity contribution < 1.29 is 5.11 Å². The van der Waals surface area contributed by atoms with E-state index in [1.807, 2.05) is 13.8 Å². The third kappa shape index (κ3) is 8.07. The van der Waals surface area contributed by atoms with Gasteiger partial charge in [-0.25, -0.2) is 0 Å². The van der Waals surface area contributed by atoms with Gasteiger partial charge >= 0.3 is 0 Å². The van der Waals surface area contributed by atoms with Crippen molar-refractivity contribution in [3.63, 3.8) is 0 Å². The van der Waals surface area contributed by atoms with Gasteiger partial charge in [-0.3, -0.25) is 0 Å². The molecule has 0 amide bonds. The molecule has 0 radical (unpaired) electrons. The van der Waals surface area contributed by atoms with Gasteiger partial charge in [-0.1, -0.05) is 60.3 Å². The number of fused-ring (bicyclic) bond motifs is 1. The average Bonchev–Trinajstić information content (AvgIpc) is 2.74. The smallest absolute Gasteiger partial charge is 0.0748 e. The lowest BCUT2D eigenvalue weighted by Crippen LogP contribution is -2.44. The largest absolute Gasteiger partial charge is 0.392 e. The van der Waals surface area contributed by atoms with Crippen molar-refractivity contribution in [2.24, 2.45) is 41.4 Å². The van der Waals surface area contributed by atoms with Crippen LogP contribution in [0.4, 0.5) is 0 Å². The minimum Gasteiger partial charge on any atom is -0.392 e. The Hall–Kier alpha value is -1.10. The number of nitriles is 2. The summed E-state index contributed by atoms with van der Waals surface area (Å²) in [5, 5.41) is 30.2. The molecular weight excluding hydrogens is 382 g/mol. The Morgan fingerprint density at radius 1 is 0.806 bits per heavy atom. The van der Waals surface area contributed by atoms with E-state index >= 15 is 0 Å². The quantitative estimate of drug-likeness (QED) is 0.531. The summed E-state index contributed by atoms with van der Waals surface area (Å²) >= 11 is 0. The molecule has 0 aromatic heterocycles. The van der Waals surface area contributed by atoms with Crippen molar-refractivity contribution in [1.29, 1.82) is 10.5 Å². The SMILES string of the molecule is CC.CC1CCCC(O)C(C#N)C(C)CCCC2CC(N(C)C)CC(C#N)C2C(C)C1. The van der Waals surface area contributed by atoms with E-state index in [1.54, 1.807) is 0 Å². The zero-order valence-corrected chi connectivity index (χ0v) is 21.3. The van der Waals surface area contributed by atoms with Crippen LogP contribution in [0.15, 0.2) is 0 Å². The number of aliphatic hydroxyl groups excluding tert-OH is 1. The van der Waals surface area contributed by atoms with Crippen LogP contribution in [-0.2, 0) is 0 Å². The molecule has 0 aromatic rings. The van der Waals surface area contributed by atoms with Crippen molar-refractivity contribution in [2.75, 3.05) is 14.1 Å². The fourth-order valence-corrected chi connectivity index (χ4v) is 6.35. The number of hydrogen-bond acceptors (Lipinski definition) is 4. The molecular formula is C27H49N3O. The van der Waals surface area contributed by atoms with Gasteiger partial charge in [0, 0.05) is 6.04 Å². The third-order valence-electron chi connectivity index (χ3n) is 8.04. The van der Waals surface area contributed by atoms with Crippen molar-refractivity contribution in [3.8, 4) is 12.1 Å². The van der Waals surface area contributed by atoms with Crippen LogP contribution in [0.1, 0.15) is 92.4 Å². The summed E-state index contributed by atoms with van der Waals surface area (Å²) in [5.41, 5.74) is 0. The van der Waals surface area contributed by atoms with Crippen LogP contribution in [0.25, 0.3) is 0 Å². The maximum absolute atomic E-state index is 10.6. The number of hydrogen-bond donors (Lipinski definition) is 1. The second kappa shape index (κ2) is 14.1. The van der Waals surface area contributed by atoms with E-state index in [0.717, 1.165) is 44.9 Å². The molecule has 31 heavy (non-hydrogen) atoms. The highest BCUT2D eigenvalue weighted by Crippen LogP contribution is 2.45. The lowest BCUT2D eigenvalue weighted by Gasteiger charge is -2.45. The minimum atomic E-state index is -0.494. The van der Waals surface area contributed by atoms with E-state index in [-0.39, 0.29) is 17.8 Å². The van der Waals surface area contributed by atoms with Crippen LogP contribution in [0.3, 0.4) is 0 Å². The Kier molecular flexibility index (Phi) is 12.7. The van der Waals surface area contributed by atoms with Gasteiger partial charge < -0.3 is 10.0 Å². The zero-order chi connectivity index (χ0) is 23.6. The van der Waals surface area contributed by atoms with Gasteiger partial charge in [0.05, 0.1) is 30.1 Å². The Morgan fingerprint density at radius 2 is 1.45 bits per heavy atom. The van der Waals surface area contributed by atoms with E-state index in [0.29, 0.717) is 29.7 Å². The highest BCUT2D eigenvalue weighted by atomic mass is 16.3.